The van der Waals surface area contributed by atoms with Gasteiger partial charge in [-0.15, -0.1) is 0 Å². The Morgan fingerprint density at radius 3 is 2.63 bits per heavy atom. The number of pyridine rings is 1. The molecule has 0 bridgehead atoms. The van der Waals surface area contributed by atoms with Gasteiger partial charge in [0.05, 0.1) is 13.7 Å². The Bertz CT molecular complexity index is 754. The van der Waals surface area contributed by atoms with E-state index in [4.69, 9.17) is 9.73 Å². The molecular weight excluding hydrogens is 338 g/mol. The van der Waals surface area contributed by atoms with E-state index in [1.54, 1.807) is 7.11 Å². The van der Waals surface area contributed by atoms with Gasteiger partial charge >= 0.3 is 0 Å². The van der Waals surface area contributed by atoms with Crippen LogP contribution in [0, 0.1) is 6.92 Å². The predicted molar refractivity (Wildman–Crippen MR) is 111 cm³/mol. The number of hydrogen-bond acceptors (Lipinski definition) is 4. The normalized spacial score (nSPS) is 15.0. The van der Waals surface area contributed by atoms with E-state index in [0.29, 0.717) is 6.54 Å². The van der Waals surface area contributed by atoms with Crippen molar-refractivity contribution in [2.45, 2.75) is 20.4 Å². The Morgan fingerprint density at radius 2 is 2.00 bits per heavy atom. The molecule has 1 saturated heterocycles. The molecule has 2 heterocycles. The molecule has 0 atom stereocenters. The monoisotopic (exact) mass is 367 g/mol. The molecule has 0 unspecified atom stereocenters. The number of methoxy groups -OCH3 is 1. The molecule has 6 heteroatoms. The number of rotatable bonds is 5. The summed E-state index contributed by atoms with van der Waals surface area (Å²) in [6.45, 7) is 9.46. The summed E-state index contributed by atoms with van der Waals surface area (Å²) >= 11 is 0. The summed E-state index contributed by atoms with van der Waals surface area (Å²) in [6, 6.07) is 12.3. The highest BCUT2D eigenvalue weighted by Gasteiger charge is 2.20. The van der Waals surface area contributed by atoms with Crippen LogP contribution < -0.4 is 15.0 Å². The number of anilines is 1. The minimum Gasteiger partial charge on any atom is -0.496 e. The fourth-order valence-corrected chi connectivity index (χ4v) is 3.32. The number of hydrogen-bond donors (Lipinski definition) is 1. The third kappa shape index (κ3) is 4.90. The molecule has 1 aromatic carbocycles. The lowest BCUT2D eigenvalue weighted by molar-refractivity contribution is 0.371. The maximum Gasteiger partial charge on any atom is 0.194 e. The zero-order valence-corrected chi connectivity index (χ0v) is 16.5. The lowest BCUT2D eigenvalue weighted by Gasteiger charge is -2.37. The van der Waals surface area contributed by atoms with Crippen molar-refractivity contribution in [3.8, 4) is 5.75 Å². The van der Waals surface area contributed by atoms with Gasteiger partial charge in [0.2, 0.25) is 0 Å². The summed E-state index contributed by atoms with van der Waals surface area (Å²) in [5, 5.41) is 3.43. The Morgan fingerprint density at radius 1 is 1.19 bits per heavy atom. The highest BCUT2D eigenvalue weighted by Crippen LogP contribution is 2.19. The zero-order chi connectivity index (χ0) is 19.1. The third-order valence-electron chi connectivity index (χ3n) is 4.76. The lowest BCUT2D eigenvalue weighted by Crippen LogP contribution is -2.52. The number of nitrogens with one attached hydrogen (secondary N) is 1. The number of nitrogens with zero attached hydrogens (tertiary/aromatic N) is 4. The van der Waals surface area contributed by atoms with Crippen LogP contribution in [0.4, 0.5) is 5.82 Å². The molecule has 1 fully saturated rings. The maximum atomic E-state index is 5.34. The lowest BCUT2D eigenvalue weighted by atomic mass is 10.1. The zero-order valence-electron chi connectivity index (χ0n) is 16.5. The smallest absolute Gasteiger partial charge is 0.194 e. The molecule has 27 heavy (non-hydrogen) atoms. The Hall–Kier alpha value is -2.76. The van der Waals surface area contributed by atoms with Gasteiger partial charge in [-0.25, -0.2) is 9.98 Å². The van der Waals surface area contributed by atoms with Crippen molar-refractivity contribution in [1.29, 1.82) is 0 Å². The van der Waals surface area contributed by atoms with Crippen LogP contribution in [0.25, 0.3) is 0 Å². The van der Waals surface area contributed by atoms with Crippen LogP contribution in [-0.4, -0.2) is 55.7 Å². The van der Waals surface area contributed by atoms with Gasteiger partial charge in [-0.05, 0) is 43.2 Å². The van der Waals surface area contributed by atoms with Crippen molar-refractivity contribution in [1.82, 2.24) is 15.2 Å². The molecule has 0 radical (unpaired) electrons. The molecule has 0 amide bonds. The average Bonchev–Trinajstić information content (AvgIpc) is 2.72. The molecule has 1 N–H and O–H groups in total. The van der Waals surface area contributed by atoms with E-state index in [9.17, 15) is 0 Å². The van der Waals surface area contributed by atoms with Crippen LogP contribution in [0.2, 0.25) is 0 Å². The van der Waals surface area contributed by atoms with Crippen LogP contribution >= 0.6 is 0 Å². The van der Waals surface area contributed by atoms with Crippen LogP contribution in [0.5, 0.6) is 5.75 Å². The Kier molecular flexibility index (Phi) is 6.52. The van der Waals surface area contributed by atoms with Gasteiger partial charge in [0.25, 0.3) is 0 Å². The SMILES string of the molecule is CCNC(=NCc1ccc(OC)c(C)c1)N1CCN(c2ccccn2)CC1. The minimum absolute atomic E-state index is 0.660. The second kappa shape index (κ2) is 9.26. The first-order valence-corrected chi connectivity index (χ1v) is 9.54. The summed E-state index contributed by atoms with van der Waals surface area (Å²) < 4.78 is 5.34. The highest BCUT2D eigenvalue weighted by atomic mass is 16.5. The van der Waals surface area contributed by atoms with Gasteiger partial charge in [-0.2, -0.15) is 0 Å². The highest BCUT2D eigenvalue weighted by molar-refractivity contribution is 5.80. The molecule has 6 nitrogen and oxygen atoms in total. The molecule has 1 aliphatic rings. The summed E-state index contributed by atoms with van der Waals surface area (Å²) in [4.78, 5) is 14.0. The Balaban J connectivity index is 1.63. The van der Waals surface area contributed by atoms with Crippen molar-refractivity contribution in [2.24, 2.45) is 4.99 Å². The quantitative estimate of drug-likeness (QED) is 0.650. The van der Waals surface area contributed by atoms with Crippen molar-refractivity contribution >= 4 is 11.8 Å². The summed E-state index contributed by atoms with van der Waals surface area (Å²) in [7, 11) is 1.70. The summed E-state index contributed by atoms with van der Waals surface area (Å²) in [5.74, 6) is 2.94. The third-order valence-corrected chi connectivity index (χ3v) is 4.76. The van der Waals surface area contributed by atoms with Gasteiger partial charge in [0, 0.05) is 38.9 Å². The van der Waals surface area contributed by atoms with Gasteiger partial charge in [-0.3, -0.25) is 0 Å². The first-order chi connectivity index (χ1) is 13.2. The second-order valence-corrected chi connectivity index (χ2v) is 6.64. The molecule has 0 saturated carbocycles. The predicted octanol–water partition coefficient (Wildman–Crippen LogP) is 2.69. The van der Waals surface area contributed by atoms with Crippen molar-refractivity contribution < 1.29 is 4.74 Å². The topological polar surface area (TPSA) is 53.0 Å². The molecule has 2 aromatic rings. The average molecular weight is 367 g/mol. The molecular formula is C21H29N5O. The van der Waals surface area contributed by atoms with Crippen molar-refractivity contribution in [3.05, 3.63) is 53.7 Å². The fourth-order valence-electron chi connectivity index (χ4n) is 3.32. The first kappa shape index (κ1) is 19.0. The first-order valence-electron chi connectivity index (χ1n) is 9.54. The van der Waals surface area contributed by atoms with Crippen molar-refractivity contribution in [3.63, 3.8) is 0 Å². The van der Waals surface area contributed by atoms with E-state index in [1.807, 2.05) is 24.4 Å². The van der Waals surface area contributed by atoms with E-state index in [1.165, 1.54) is 5.56 Å². The van der Waals surface area contributed by atoms with Gasteiger partial charge in [-0.1, -0.05) is 18.2 Å². The van der Waals surface area contributed by atoms with E-state index in [0.717, 1.165) is 55.8 Å². The van der Waals surface area contributed by atoms with Crippen LogP contribution in [0.3, 0.4) is 0 Å². The molecule has 0 spiro atoms. The molecule has 1 aromatic heterocycles. The largest absolute Gasteiger partial charge is 0.496 e. The number of guanidine groups is 1. The van der Waals surface area contributed by atoms with E-state index < -0.39 is 0 Å². The van der Waals surface area contributed by atoms with Gasteiger partial charge < -0.3 is 19.9 Å². The van der Waals surface area contributed by atoms with Crippen molar-refractivity contribution in [2.75, 3.05) is 44.7 Å². The minimum atomic E-state index is 0.660. The number of piperazine rings is 1. The standard InChI is InChI=1S/C21H29N5O/c1-4-22-21(24-16-18-8-9-19(27-3)17(2)15-18)26-13-11-25(12-14-26)20-7-5-6-10-23-20/h5-10,15H,4,11-14,16H2,1-3H3,(H,22,24). The maximum absolute atomic E-state index is 5.34. The van der Waals surface area contributed by atoms with E-state index in [2.05, 4.69) is 52.1 Å². The van der Waals surface area contributed by atoms with Crippen LogP contribution in [0.1, 0.15) is 18.1 Å². The number of aliphatic imine (C=N–C) groups is 1. The number of benzene rings is 1. The number of ether oxygens (including phenoxy) is 1. The molecule has 3 rings (SSSR count). The van der Waals surface area contributed by atoms with Crippen LogP contribution in [-0.2, 0) is 6.54 Å². The Labute approximate surface area is 161 Å². The fraction of sp³-hybridized carbons (Fsp3) is 0.429. The molecule has 0 aliphatic carbocycles. The van der Waals surface area contributed by atoms with Crippen LogP contribution in [0.15, 0.2) is 47.6 Å². The van der Waals surface area contributed by atoms with E-state index in [-0.39, 0.29) is 0 Å². The van der Waals surface area contributed by atoms with Gasteiger partial charge in [0.1, 0.15) is 11.6 Å². The summed E-state index contributed by atoms with van der Waals surface area (Å²) in [6.07, 6.45) is 1.85. The second-order valence-electron chi connectivity index (χ2n) is 6.64. The number of aryl methyl sites for hydroxylation is 1. The van der Waals surface area contributed by atoms with E-state index >= 15 is 0 Å². The molecule has 144 valence electrons. The van der Waals surface area contributed by atoms with Gasteiger partial charge in [0.15, 0.2) is 5.96 Å². The number of aromatic nitrogens is 1. The molecule has 1 aliphatic heterocycles. The summed E-state index contributed by atoms with van der Waals surface area (Å²) in [5.41, 5.74) is 2.33.